The summed E-state index contributed by atoms with van der Waals surface area (Å²) in [4.78, 5) is 12.3. The Bertz CT molecular complexity index is 278. The molecular formula is C8H11NO3. The van der Waals surface area contributed by atoms with Crippen LogP contribution in [-0.2, 0) is 6.54 Å². The van der Waals surface area contributed by atoms with Gasteiger partial charge in [-0.1, -0.05) is 0 Å². The van der Waals surface area contributed by atoms with E-state index in [0.29, 0.717) is 6.54 Å². The van der Waals surface area contributed by atoms with Gasteiger partial charge in [-0.2, -0.15) is 0 Å². The summed E-state index contributed by atoms with van der Waals surface area (Å²) in [6.07, 6.45) is 1.46. The van der Waals surface area contributed by atoms with Crippen molar-refractivity contribution in [3.63, 3.8) is 0 Å². The molecule has 1 N–H and O–H groups in total. The average Bonchev–Trinajstić information content (AvgIpc) is 2.34. The molecule has 0 radical (unpaired) electrons. The number of carboxylic acid groups (broad SMARTS) is 1. The number of aromatic carboxylic acids is 1. The Balaban J connectivity index is 2.71. The van der Waals surface area contributed by atoms with E-state index >= 15 is 0 Å². The first-order chi connectivity index (χ1) is 5.59. The van der Waals surface area contributed by atoms with Gasteiger partial charge in [0.15, 0.2) is 0 Å². The minimum Gasteiger partial charge on any atom is -0.475 e. The minimum atomic E-state index is -1.03. The van der Waals surface area contributed by atoms with E-state index in [4.69, 9.17) is 9.52 Å². The number of rotatable bonds is 3. The average molecular weight is 169 g/mol. The van der Waals surface area contributed by atoms with Crippen molar-refractivity contribution < 1.29 is 14.3 Å². The fourth-order valence-electron chi connectivity index (χ4n) is 0.936. The van der Waals surface area contributed by atoms with E-state index in [9.17, 15) is 4.79 Å². The van der Waals surface area contributed by atoms with Gasteiger partial charge in [-0.05, 0) is 20.2 Å². The molecule has 0 spiro atoms. The van der Waals surface area contributed by atoms with Crippen LogP contribution in [0.3, 0.4) is 0 Å². The van der Waals surface area contributed by atoms with Crippen molar-refractivity contribution in [1.82, 2.24) is 4.90 Å². The summed E-state index contributed by atoms with van der Waals surface area (Å²) in [5.74, 6) is -1.04. The molecule has 1 heterocycles. The van der Waals surface area contributed by atoms with Crippen molar-refractivity contribution in [2.24, 2.45) is 0 Å². The summed E-state index contributed by atoms with van der Waals surface area (Å²) in [6.45, 7) is 0.691. The van der Waals surface area contributed by atoms with E-state index in [1.54, 1.807) is 0 Å². The quantitative estimate of drug-likeness (QED) is 0.734. The third-order valence-corrected chi connectivity index (χ3v) is 1.36. The van der Waals surface area contributed by atoms with Gasteiger partial charge in [-0.15, -0.1) is 0 Å². The second-order valence-electron chi connectivity index (χ2n) is 2.86. The van der Waals surface area contributed by atoms with Crippen molar-refractivity contribution in [2.45, 2.75) is 6.54 Å². The summed E-state index contributed by atoms with van der Waals surface area (Å²) in [7, 11) is 3.82. The van der Waals surface area contributed by atoms with Gasteiger partial charge in [0.1, 0.15) is 0 Å². The second kappa shape index (κ2) is 3.40. The van der Waals surface area contributed by atoms with Crippen LogP contribution in [0.1, 0.15) is 16.1 Å². The van der Waals surface area contributed by atoms with E-state index in [0.717, 1.165) is 5.56 Å². The molecule has 0 amide bonds. The maximum absolute atomic E-state index is 10.4. The fraction of sp³-hybridized carbons (Fsp3) is 0.375. The molecule has 1 aromatic rings. The second-order valence-corrected chi connectivity index (χ2v) is 2.86. The molecular weight excluding hydrogens is 158 g/mol. The lowest BCUT2D eigenvalue weighted by Gasteiger charge is -2.05. The van der Waals surface area contributed by atoms with Crippen molar-refractivity contribution in [3.8, 4) is 0 Å². The highest BCUT2D eigenvalue weighted by Gasteiger charge is 2.08. The lowest BCUT2D eigenvalue weighted by atomic mass is 10.3. The van der Waals surface area contributed by atoms with Crippen LogP contribution < -0.4 is 0 Å². The van der Waals surface area contributed by atoms with E-state index in [2.05, 4.69) is 0 Å². The summed E-state index contributed by atoms with van der Waals surface area (Å²) >= 11 is 0. The first-order valence-electron chi connectivity index (χ1n) is 3.55. The minimum absolute atomic E-state index is 0.00755. The topological polar surface area (TPSA) is 53.7 Å². The fourth-order valence-corrected chi connectivity index (χ4v) is 0.936. The Morgan fingerprint density at radius 3 is 2.75 bits per heavy atom. The molecule has 0 fully saturated rings. The lowest BCUT2D eigenvalue weighted by molar-refractivity contribution is 0.0662. The predicted octanol–water partition coefficient (Wildman–Crippen LogP) is 1.04. The molecule has 4 heteroatoms. The molecule has 0 saturated heterocycles. The van der Waals surface area contributed by atoms with E-state index in [1.807, 2.05) is 19.0 Å². The molecule has 4 nitrogen and oxygen atoms in total. The van der Waals surface area contributed by atoms with Crippen LogP contribution in [0.25, 0.3) is 0 Å². The highest BCUT2D eigenvalue weighted by Crippen LogP contribution is 2.08. The molecule has 66 valence electrons. The molecule has 12 heavy (non-hydrogen) atoms. The molecule has 1 rings (SSSR count). The molecule has 1 aromatic heterocycles. The van der Waals surface area contributed by atoms with Crippen LogP contribution in [0.5, 0.6) is 0 Å². The van der Waals surface area contributed by atoms with Gasteiger partial charge >= 0.3 is 5.97 Å². The number of carbonyl (C=O) groups is 1. The number of hydrogen-bond acceptors (Lipinski definition) is 3. The van der Waals surface area contributed by atoms with Crippen LogP contribution >= 0.6 is 0 Å². The van der Waals surface area contributed by atoms with E-state index < -0.39 is 5.97 Å². The van der Waals surface area contributed by atoms with Crippen molar-refractivity contribution in [2.75, 3.05) is 14.1 Å². The molecule has 0 aromatic carbocycles. The Hall–Kier alpha value is -1.29. The van der Waals surface area contributed by atoms with Crippen molar-refractivity contribution in [1.29, 1.82) is 0 Å². The maximum atomic E-state index is 10.4. The first kappa shape index (κ1) is 8.80. The molecule has 0 bridgehead atoms. The highest BCUT2D eigenvalue weighted by molar-refractivity contribution is 5.84. The van der Waals surface area contributed by atoms with E-state index in [-0.39, 0.29) is 5.76 Å². The monoisotopic (exact) mass is 169 g/mol. The summed E-state index contributed by atoms with van der Waals surface area (Å²) in [5.41, 5.74) is 0.873. The number of nitrogens with zero attached hydrogens (tertiary/aromatic N) is 1. The Labute approximate surface area is 70.4 Å². The van der Waals surface area contributed by atoms with Gasteiger partial charge in [0.2, 0.25) is 5.76 Å². The van der Waals surface area contributed by atoms with Crippen LogP contribution in [-0.4, -0.2) is 30.1 Å². The van der Waals surface area contributed by atoms with Crippen molar-refractivity contribution >= 4 is 5.97 Å². The molecule has 0 saturated carbocycles. The maximum Gasteiger partial charge on any atom is 0.371 e. The Morgan fingerprint density at radius 2 is 2.33 bits per heavy atom. The standard InChI is InChI=1S/C8H11NO3/c1-9(2)4-6-3-7(8(10)11)12-5-6/h3,5H,4H2,1-2H3,(H,10,11). The van der Waals surface area contributed by atoms with Gasteiger partial charge in [-0.3, -0.25) is 0 Å². The van der Waals surface area contributed by atoms with E-state index in [1.165, 1.54) is 12.3 Å². The lowest BCUT2D eigenvalue weighted by Crippen LogP contribution is -2.09. The Morgan fingerprint density at radius 1 is 1.67 bits per heavy atom. The largest absolute Gasteiger partial charge is 0.475 e. The van der Waals surface area contributed by atoms with Crippen molar-refractivity contribution in [3.05, 3.63) is 23.7 Å². The number of furan rings is 1. The molecule has 0 aliphatic rings. The van der Waals surface area contributed by atoms with Crippen LogP contribution in [0, 0.1) is 0 Å². The third kappa shape index (κ3) is 2.10. The SMILES string of the molecule is CN(C)Cc1coc(C(=O)O)c1. The zero-order chi connectivity index (χ0) is 9.14. The van der Waals surface area contributed by atoms with Crippen LogP contribution in [0.2, 0.25) is 0 Å². The molecule has 0 aliphatic heterocycles. The molecule has 0 unspecified atom stereocenters. The zero-order valence-corrected chi connectivity index (χ0v) is 7.07. The number of carboxylic acids is 1. The predicted molar refractivity (Wildman–Crippen MR) is 43.1 cm³/mol. The normalized spacial score (nSPS) is 10.6. The molecule has 0 atom stereocenters. The molecule has 0 aliphatic carbocycles. The summed E-state index contributed by atoms with van der Waals surface area (Å²) < 4.78 is 4.80. The van der Waals surface area contributed by atoms with Crippen LogP contribution in [0.4, 0.5) is 0 Å². The van der Waals surface area contributed by atoms with Gasteiger partial charge in [0.05, 0.1) is 6.26 Å². The van der Waals surface area contributed by atoms with Gasteiger partial charge in [0.25, 0.3) is 0 Å². The van der Waals surface area contributed by atoms with Gasteiger partial charge in [0, 0.05) is 12.1 Å². The summed E-state index contributed by atoms with van der Waals surface area (Å²) in [5, 5.41) is 8.52. The summed E-state index contributed by atoms with van der Waals surface area (Å²) in [6, 6.07) is 1.53. The Kier molecular flexibility index (Phi) is 2.50. The van der Waals surface area contributed by atoms with Gasteiger partial charge < -0.3 is 14.4 Å². The number of hydrogen-bond donors (Lipinski definition) is 1. The van der Waals surface area contributed by atoms with Crippen LogP contribution in [0.15, 0.2) is 16.7 Å². The first-order valence-corrected chi connectivity index (χ1v) is 3.55. The smallest absolute Gasteiger partial charge is 0.371 e. The highest BCUT2D eigenvalue weighted by atomic mass is 16.4. The third-order valence-electron chi connectivity index (χ3n) is 1.36. The zero-order valence-electron chi connectivity index (χ0n) is 7.07. The van der Waals surface area contributed by atoms with Gasteiger partial charge in [-0.25, -0.2) is 4.79 Å².